The fourth-order valence-electron chi connectivity index (χ4n) is 4.24. The zero-order valence-corrected chi connectivity index (χ0v) is 17.1. The Bertz CT molecular complexity index is 1140. The minimum atomic E-state index is -0.626. The van der Waals surface area contributed by atoms with Gasteiger partial charge in [0, 0.05) is 29.0 Å². The summed E-state index contributed by atoms with van der Waals surface area (Å²) >= 11 is 0. The molecule has 0 spiro atoms. The van der Waals surface area contributed by atoms with Crippen molar-refractivity contribution in [2.24, 2.45) is 5.41 Å². The number of nitro benzene ring substituents is 1. The fourth-order valence-corrected chi connectivity index (χ4v) is 4.24. The van der Waals surface area contributed by atoms with E-state index in [-0.39, 0.29) is 23.1 Å². The number of nitro groups is 1. The molecule has 0 N–H and O–H groups in total. The second-order valence-electron chi connectivity index (χ2n) is 8.02. The van der Waals surface area contributed by atoms with Crippen LogP contribution in [0.25, 0.3) is 0 Å². The first-order valence-corrected chi connectivity index (χ1v) is 9.91. The van der Waals surface area contributed by atoms with Crippen LogP contribution in [0.5, 0.6) is 5.75 Å². The molecule has 5 nitrogen and oxygen atoms in total. The molecule has 3 aromatic rings. The Hall–Kier alpha value is -3.87. The number of carbonyl (C=O) groups excluding carboxylic acids is 1. The Morgan fingerprint density at radius 3 is 1.91 bits per heavy atom. The molecule has 1 saturated carbocycles. The second-order valence-corrected chi connectivity index (χ2v) is 8.02. The topological polar surface area (TPSA) is 69.4 Å². The van der Waals surface area contributed by atoms with Crippen LogP contribution in [0.3, 0.4) is 0 Å². The Morgan fingerprint density at radius 1 is 0.938 bits per heavy atom. The van der Waals surface area contributed by atoms with Crippen LogP contribution in [-0.4, -0.2) is 10.9 Å². The predicted molar refractivity (Wildman–Crippen MR) is 114 cm³/mol. The maximum Gasteiger partial charge on any atom is 0.335 e. The average Bonchev–Trinajstić information content (AvgIpc) is 3.40. The maximum absolute atomic E-state index is 13.5. The molecule has 0 radical (unpaired) electrons. The first-order chi connectivity index (χ1) is 15.2. The molecule has 0 unspecified atom stereocenters. The minimum Gasteiger partial charge on any atom is -0.423 e. The van der Waals surface area contributed by atoms with Gasteiger partial charge in [-0.25, -0.2) is 13.6 Å². The molecule has 0 aromatic heterocycles. The van der Waals surface area contributed by atoms with Gasteiger partial charge in [-0.3, -0.25) is 10.1 Å². The van der Waals surface area contributed by atoms with Crippen molar-refractivity contribution in [3.05, 3.63) is 118 Å². The molecule has 0 bridgehead atoms. The van der Waals surface area contributed by atoms with Crippen LogP contribution in [0.4, 0.5) is 14.5 Å². The number of hydrogen-bond donors (Lipinski definition) is 0. The van der Waals surface area contributed by atoms with Crippen molar-refractivity contribution in [2.75, 3.05) is 0 Å². The highest BCUT2D eigenvalue weighted by molar-refractivity contribution is 5.84. The van der Waals surface area contributed by atoms with Crippen LogP contribution >= 0.6 is 0 Å². The highest BCUT2D eigenvalue weighted by Crippen LogP contribution is 2.68. The number of rotatable bonds is 6. The van der Waals surface area contributed by atoms with Crippen LogP contribution in [0.2, 0.25) is 0 Å². The van der Waals surface area contributed by atoms with E-state index in [1.54, 1.807) is 30.3 Å². The minimum absolute atomic E-state index is 0.103. The van der Waals surface area contributed by atoms with Gasteiger partial charge in [-0.05, 0) is 53.9 Å². The molecule has 3 aromatic carbocycles. The van der Waals surface area contributed by atoms with Crippen molar-refractivity contribution in [3.8, 4) is 5.75 Å². The van der Waals surface area contributed by atoms with Crippen LogP contribution in [0, 0.1) is 27.2 Å². The number of halogens is 2. The molecule has 1 aliphatic carbocycles. The van der Waals surface area contributed by atoms with Gasteiger partial charge in [0.2, 0.25) is 0 Å². The van der Waals surface area contributed by atoms with E-state index >= 15 is 0 Å². The van der Waals surface area contributed by atoms with Crippen molar-refractivity contribution < 1.29 is 23.2 Å². The summed E-state index contributed by atoms with van der Waals surface area (Å²) in [6.45, 7) is 1.97. The predicted octanol–water partition coefficient (Wildman–Crippen LogP) is 5.73. The lowest BCUT2D eigenvalue weighted by molar-refractivity contribution is -0.384. The summed E-state index contributed by atoms with van der Waals surface area (Å²) in [5, 5.41) is 10.7. The normalized spacial score (nSPS) is 19.0. The SMILES string of the molecule is C[C@@]1(/C=C/C(=O)Oc2ccc([N+](=O)[O-])cc2)CC1(c1ccc(F)cc1)c1ccc(F)cc1. The maximum atomic E-state index is 13.5. The van der Waals surface area contributed by atoms with E-state index in [0.717, 1.165) is 11.1 Å². The van der Waals surface area contributed by atoms with Crippen LogP contribution in [-0.2, 0) is 10.2 Å². The summed E-state index contributed by atoms with van der Waals surface area (Å²) in [5.74, 6) is -1.14. The lowest BCUT2D eigenvalue weighted by atomic mass is 9.80. The van der Waals surface area contributed by atoms with Crippen LogP contribution < -0.4 is 4.74 Å². The average molecular weight is 435 g/mol. The molecule has 1 fully saturated rings. The standard InChI is InChI=1S/C25H19F2NO4/c1-24(15-14-23(29)32-22-12-10-21(11-13-22)28(30)31)16-25(24,17-2-6-19(26)7-3-17)18-4-8-20(27)9-5-18/h2-15H,16H2,1H3/b15-14+/t24-/m1/s1. The monoisotopic (exact) mass is 435 g/mol. The zero-order valence-electron chi connectivity index (χ0n) is 17.1. The number of ether oxygens (including phenoxy) is 1. The molecule has 4 rings (SSSR count). The van der Waals surface area contributed by atoms with Crippen LogP contribution in [0.1, 0.15) is 24.5 Å². The summed E-state index contributed by atoms with van der Waals surface area (Å²) < 4.78 is 32.3. The van der Waals surface area contributed by atoms with E-state index in [9.17, 15) is 23.7 Å². The third-order valence-electron chi connectivity index (χ3n) is 6.01. The molecule has 162 valence electrons. The number of esters is 1. The molecule has 7 heteroatoms. The first kappa shape index (κ1) is 21.4. The van der Waals surface area contributed by atoms with Gasteiger partial charge in [0.05, 0.1) is 4.92 Å². The lowest BCUT2D eigenvalue weighted by Crippen LogP contribution is -2.17. The Morgan fingerprint density at radius 2 is 1.44 bits per heavy atom. The Kier molecular flexibility index (Phi) is 5.34. The van der Waals surface area contributed by atoms with E-state index in [0.29, 0.717) is 6.42 Å². The summed E-state index contributed by atoms with van der Waals surface area (Å²) in [5.41, 5.74) is 0.590. The van der Waals surface area contributed by atoms with Crippen molar-refractivity contribution in [2.45, 2.75) is 18.8 Å². The number of non-ortho nitro benzene ring substituents is 1. The molecular formula is C25H19F2NO4. The van der Waals surface area contributed by atoms with Gasteiger partial charge in [-0.15, -0.1) is 0 Å². The van der Waals surface area contributed by atoms with Gasteiger partial charge < -0.3 is 4.74 Å². The molecule has 0 aliphatic heterocycles. The molecule has 0 amide bonds. The number of carbonyl (C=O) groups is 1. The van der Waals surface area contributed by atoms with E-state index in [4.69, 9.17) is 4.74 Å². The quantitative estimate of drug-likeness (QED) is 0.163. The number of hydrogen-bond acceptors (Lipinski definition) is 4. The highest BCUT2D eigenvalue weighted by atomic mass is 19.1. The molecule has 1 atom stereocenters. The van der Waals surface area contributed by atoms with Crippen molar-refractivity contribution in [1.29, 1.82) is 0 Å². The largest absolute Gasteiger partial charge is 0.423 e. The third-order valence-corrected chi connectivity index (χ3v) is 6.01. The Labute approximate surface area is 183 Å². The summed E-state index contributed by atoms with van der Waals surface area (Å²) in [6, 6.07) is 17.5. The molecule has 32 heavy (non-hydrogen) atoms. The first-order valence-electron chi connectivity index (χ1n) is 9.91. The van der Waals surface area contributed by atoms with E-state index in [1.807, 2.05) is 6.92 Å². The summed E-state index contributed by atoms with van der Waals surface area (Å²) in [7, 11) is 0. The Balaban J connectivity index is 1.58. The molecule has 0 heterocycles. The van der Waals surface area contributed by atoms with Gasteiger partial charge in [-0.2, -0.15) is 0 Å². The van der Waals surface area contributed by atoms with Crippen molar-refractivity contribution in [1.82, 2.24) is 0 Å². The van der Waals surface area contributed by atoms with Gasteiger partial charge >= 0.3 is 5.97 Å². The molecule has 1 aliphatic rings. The number of benzene rings is 3. The zero-order chi connectivity index (χ0) is 22.9. The van der Waals surface area contributed by atoms with Crippen molar-refractivity contribution in [3.63, 3.8) is 0 Å². The van der Waals surface area contributed by atoms with Crippen molar-refractivity contribution >= 4 is 11.7 Å². The lowest BCUT2D eigenvalue weighted by Gasteiger charge is -2.22. The second kappa shape index (κ2) is 8.00. The van der Waals surface area contributed by atoms with Gasteiger partial charge in [0.15, 0.2) is 0 Å². The summed E-state index contributed by atoms with van der Waals surface area (Å²) in [4.78, 5) is 22.5. The van der Waals surface area contributed by atoms with Gasteiger partial charge in [-0.1, -0.05) is 37.3 Å². The molecular weight excluding hydrogens is 416 g/mol. The third kappa shape index (κ3) is 3.89. The highest BCUT2D eigenvalue weighted by Gasteiger charge is 2.64. The number of allylic oxidation sites excluding steroid dienone is 1. The smallest absolute Gasteiger partial charge is 0.335 e. The van der Waals surface area contributed by atoms with E-state index < -0.39 is 21.7 Å². The van der Waals surface area contributed by atoms with Crippen LogP contribution in [0.15, 0.2) is 84.9 Å². The fraction of sp³-hybridized carbons (Fsp3) is 0.160. The van der Waals surface area contributed by atoms with E-state index in [2.05, 4.69) is 0 Å². The molecule has 0 saturated heterocycles. The number of nitrogens with zero attached hydrogens (tertiary/aromatic N) is 1. The summed E-state index contributed by atoms with van der Waals surface area (Å²) in [6.07, 6.45) is 3.70. The van der Waals surface area contributed by atoms with Gasteiger partial charge in [0.25, 0.3) is 5.69 Å². The van der Waals surface area contributed by atoms with Gasteiger partial charge in [0.1, 0.15) is 17.4 Å². The van der Waals surface area contributed by atoms with E-state index in [1.165, 1.54) is 54.6 Å².